The molecule has 0 unspecified atom stereocenters. The van der Waals surface area contributed by atoms with E-state index in [1.54, 1.807) is 13.3 Å². The molecule has 1 fully saturated rings. The summed E-state index contributed by atoms with van der Waals surface area (Å²) in [6, 6.07) is 8.43. The van der Waals surface area contributed by atoms with Gasteiger partial charge in [0.2, 0.25) is 0 Å². The average molecular weight is 411 g/mol. The second-order valence-corrected chi connectivity index (χ2v) is 9.94. The Kier molecular flexibility index (Phi) is 6.03. The highest BCUT2D eigenvalue weighted by Gasteiger charge is 2.39. The van der Waals surface area contributed by atoms with Crippen LogP contribution in [0.1, 0.15) is 56.3 Å². The number of pyridine rings is 1. The van der Waals surface area contributed by atoms with Gasteiger partial charge in [-0.3, -0.25) is 9.88 Å². The van der Waals surface area contributed by atoms with Gasteiger partial charge in [0, 0.05) is 37.1 Å². The van der Waals surface area contributed by atoms with E-state index in [0.29, 0.717) is 12.5 Å². The van der Waals surface area contributed by atoms with Crippen molar-refractivity contribution in [3.63, 3.8) is 0 Å². The van der Waals surface area contributed by atoms with Gasteiger partial charge in [0.05, 0.1) is 13.2 Å². The van der Waals surface area contributed by atoms with Gasteiger partial charge in [-0.25, -0.2) is 0 Å². The Morgan fingerprint density at radius 2 is 2.07 bits per heavy atom. The standard InChI is InChI=1S/C25H34N2O3/c1-25(2,3)13-19-15-27-9-7-18-10-24(30-16-17-6-5-8-26-14-17)23(29-4)11-20(18)21(27)12-22(19)28/h5-6,8,10-11,14,19,21-22,28H,7,9,12-13,15-16H2,1-4H3/t19-,21-,22-/m1/s1. The topological polar surface area (TPSA) is 54.8 Å². The molecule has 3 atom stereocenters. The minimum Gasteiger partial charge on any atom is -0.493 e. The smallest absolute Gasteiger partial charge is 0.161 e. The van der Waals surface area contributed by atoms with E-state index in [9.17, 15) is 5.11 Å². The van der Waals surface area contributed by atoms with Crippen LogP contribution in [-0.2, 0) is 13.0 Å². The van der Waals surface area contributed by atoms with E-state index < -0.39 is 0 Å². The first-order valence-electron chi connectivity index (χ1n) is 11.0. The molecule has 30 heavy (non-hydrogen) atoms. The Labute approximate surface area is 180 Å². The SMILES string of the molecule is COc1cc2c(cc1OCc1cccnc1)CCN1C[C@@H](CC(C)(C)C)[C@H](O)C[C@H]21. The van der Waals surface area contributed by atoms with Gasteiger partial charge in [-0.1, -0.05) is 26.8 Å². The zero-order chi connectivity index (χ0) is 21.3. The molecule has 2 aromatic rings. The fraction of sp³-hybridized carbons (Fsp3) is 0.560. The molecule has 5 nitrogen and oxygen atoms in total. The molecule has 1 aromatic heterocycles. The first kappa shape index (κ1) is 21.1. The molecule has 162 valence electrons. The summed E-state index contributed by atoms with van der Waals surface area (Å²) in [4.78, 5) is 6.71. The summed E-state index contributed by atoms with van der Waals surface area (Å²) in [7, 11) is 1.69. The van der Waals surface area contributed by atoms with Gasteiger partial charge in [-0.15, -0.1) is 0 Å². The molecule has 0 radical (unpaired) electrons. The molecule has 0 aliphatic carbocycles. The monoisotopic (exact) mass is 410 g/mol. The van der Waals surface area contributed by atoms with Crippen molar-refractivity contribution in [3.05, 3.63) is 53.3 Å². The first-order chi connectivity index (χ1) is 14.3. The molecule has 3 heterocycles. The van der Waals surface area contributed by atoms with Crippen LogP contribution in [0.25, 0.3) is 0 Å². The third-order valence-electron chi connectivity index (χ3n) is 6.36. The van der Waals surface area contributed by atoms with E-state index in [1.807, 2.05) is 18.3 Å². The van der Waals surface area contributed by atoms with Crippen molar-refractivity contribution < 1.29 is 14.6 Å². The molecule has 0 bridgehead atoms. The minimum atomic E-state index is -0.260. The predicted molar refractivity (Wildman–Crippen MR) is 118 cm³/mol. The fourth-order valence-corrected chi connectivity index (χ4v) is 5.00. The number of aliphatic hydroxyl groups is 1. The highest BCUT2D eigenvalue weighted by molar-refractivity contribution is 5.49. The first-order valence-corrected chi connectivity index (χ1v) is 11.0. The van der Waals surface area contributed by atoms with Crippen LogP contribution in [0.15, 0.2) is 36.7 Å². The number of aliphatic hydroxyl groups excluding tert-OH is 1. The molecule has 1 N–H and O–H groups in total. The number of nitrogens with zero attached hydrogens (tertiary/aromatic N) is 2. The van der Waals surface area contributed by atoms with E-state index in [4.69, 9.17) is 9.47 Å². The molecular weight excluding hydrogens is 376 g/mol. The van der Waals surface area contributed by atoms with Gasteiger partial charge in [0.15, 0.2) is 11.5 Å². The quantitative estimate of drug-likeness (QED) is 0.792. The van der Waals surface area contributed by atoms with Crippen molar-refractivity contribution in [2.24, 2.45) is 11.3 Å². The Hall–Kier alpha value is -2.11. The Morgan fingerprint density at radius 3 is 2.77 bits per heavy atom. The molecule has 0 amide bonds. The van der Waals surface area contributed by atoms with Crippen LogP contribution in [0, 0.1) is 11.3 Å². The lowest BCUT2D eigenvalue weighted by Gasteiger charge is -2.47. The summed E-state index contributed by atoms with van der Waals surface area (Å²) >= 11 is 0. The highest BCUT2D eigenvalue weighted by Crippen LogP contribution is 2.44. The van der Waals surface area contributed by atoms with E-state index in [0.717, 1.165) is 49.4 Å². The highest BCUT2D eigenvalue weighted by atomic mass is 16.5. The molecule has 1 aromatic carbocycles. The normalized spacial score (nSPS) is 24.1. The summed E-state index contributed by atoms with van der Waals surface area (Å²) in [5.41, 5.74) is 3.85. The van der Waals surface area contributed by atoms with Gasteiger partial charge in [-0.05, 0) is 59.9 Å². The molecule has 5 heteroatoms. The van der Waals surface area contributed by atoms with Crippen molar-refractivity contribution in [2.75, 3.05) is 20.2 Å². The Morgan fingerprint density at radius 1 is 1.23 bits per heavy atom. The summed E-state index contributed by atoms with van der Waals surface area (Å²) < 4.78 is 11.8. The predicted octanol–water partition coefficient (Wildman–Crippen LogP) is 4.39. The van der Waals surface area contributed by atoms with Gasteiger partial charge in [-0.2, -0.15) is 0 Å². The maximum absolute atomic E-state index is 10.9. The Bertz CT molecular complexity index is 863. The molecule has 4 rings (SSSR count). The Balaban J connectivity index is 1.53. The lowest BCUT2D eigenvalue weighted by atomic mass is 9.75. The van der Waals surface area contributed by atoms with E-state index >= 15 is 0 Å². The summed E-state index contributed by atoms with van der Waals surface area (Å²) in [6.07, 6.45) is 6.15. The molecule has 1 saturated heterocycles. The molecule has 2 aliphatic rings. The van der Waals surface area contributed by atoms with Crippen molar-refractivity contribution in [3.8, 4) is 11.5 Å². The van der Waals surface area contributed by atoms with Crippen LogP contribution < -0.4 is 9.47 Å². The number of benzene rings is 1. The minimum absolute atomic E-state index is 0.232. The summed E-state index contributed by atoms with van der Waals surface area (Å²) in [5.74, 6) is 1.87. The third kappa shape index (κ3) is 4.62. The largest absolute Gasteiger partial charge is 0.493 e. The number of hydrogen-bond acceptors (Lipinski definition) is 5. The lowest BCUT2D eigenvalue weighted by Crippen LogP contribution is -2.48. The number of aromatic nitrogens is 1. The van der Waals surface area contributed by atoms with Crippen LogP contribution in [0.4, 0.5) is 0 Å². The van der Waals surface area contributed by atoms with Crippen LogP contribution in [0.2, 0.25) is 0 Å². The zero-order valence-electron chi connectivity index (χ0n) is 18.6. The van der Waals surface area contributed by atoms with Gasteiger partial charge in [0.25, 0.3) is 0 Å². The van der Waals surface area contributed by atoms with Gasteiger partial charge in [0.1, 0.15) is 6.61 Å². The fourth-order valence-electron chi connectivity index (χ4n) is 5.00. The third-order valence-corrected chi connectivity index (χ3v) is 6.36. The number of fused-ring (bicyclic) bond motifs is 3. The molecule has 0 spiro atoms. The molecule has 2 aliphatic heterocycles. The van der Waals surface area contributed by atoms with Gasteiger partial charge < -0.3 is 14.6 Å². The molecular formula is C25H34N2O3. The van der Waals surface area contributed by atoms with E-state index in [1.165, 1.54) is 11.1 Å². The number of ether oxygens (including phenoxy) is 2. The van der Waals surface area contributed by atoms with Crippen LogP contribution in [-0.4, -0.2) is 41.3 Å². The second kappa shape index (κ2) is 8.56. The zero-order valence-corrected chi connectivity index (χ0v) is 18.6. The van der Waals surface area contributed by atoms with Crippen molar-refractivity contribution in [1.29, 1.82) is 0 Å². The van der Waals surface area contributed by atoms with Crippen LogP contribution >= 0.6 is 0 Å². The number of methoxy groups -OCH3 is 1. The van der Waals surface area contributed by atoms with Crippen molar-refractivity contribution >= 4 is 0 Å². The van der Waals surface area contributed by atoms with Gasteiger partial charge >= 0.3 is 0 Å². The average Bonchev–Trinajstić information content (AvgIpc) is 2.72. The number of hydrogen-bond donors (Lipinski definition) is 1. The lowest BCUT2D eigenvalue weighted by molar-refractivity contribution is -0.0259. The van der Waals surface area contributed by atoms with Crippen molar-refractivity contribution in [1.82, 2.24) is 9.88 Å². The number of rotatable bonds is 5. The van der Waals surface area contributed by atoms with Crippen LogP contribution in [0.5, 0.6) is 11.5 Å². The summed E-state index contributed by atoms with van der Waals surface area (Å²) in [6.45, 7) is 9.23. The van der Waals surface area contributed by atoms with E-state index in [2.05, 4.69) is 42.8 Å². The maximum Gasteiger partial charge on any atom is 0.161 e. The molecule has 0 saturated carbocycles. The van der Waals surface area contributed by atoms with Crippen LogP contribution in [0.3, 0.4) is 0 Å². The second-order valence-electron chi connectivity index (χ2n) is 9.94. The maximum atomic E-state index is 10.9. The summed E-state index contributed by atoms with van der Waals surface area (Å²) in [5, 5.41) is 10.9. The van der Waals surface area contributed by atoms with E-state index in [-0.39, 0.29) is 17.6 Å². The van der Waals surface area contributed by atoms with Crippen molar-refractivity contribution in [2.45, 2.75) is 58.8 Å². The number of piperidine rings is 1.